The minimum absolute atomic E-state index is 0.0401. The number of nitrogens with zero attached hydrogens (tertiary/aromatic N) is 6. The van der Waals surface area contributed by atoms with E-state index in [1.807, 2.05) is 36.4 Å². The largest absolute Gasteiger partial charge is 0.457 e. The van der Waals surface area contributed by atoms with Crippen LogP contribution in [0.25, 0.3) is 16.7 Å². The molecule has 0 N–H and O–H groups in total. The van der Waals surface area contributed by atoms with Crippen LogP contribution in [0.4, 0.5) is 5.69 Å². The molecule has 1 heterocycles. The van der Waals surface area contributed by atoms with Gasteiger partial charge in [0.15, 0.2) is 5.75 Å². The number of hydrogen-bond acceptors (Lipinski definition) is 8. The van der Waals surface area contributed by atoms with E-state index < -0.39 is 4.92 Å². The number of ether oxygens (including phenoxy) is 2. The van der Waals surface area contributed by atoms with Crippen molar-refractivity contribution in [2.45, 2.75) is 0 Å². The Bertz CT molecular complexity index is 1700. The van der Waals surface area contributed by atoms with Crippen molar-refractivity contribution < 1.29 is 14.4 Å². The Morgan fingerprint density at radius 2 is 1.50 bits per heavy atom. The molecule has 0 amide bonds. The summed E-state index contributed by atoms with van der Waals surface area (Å²) >= 11 is 0. The highest BCUT2D eigenvalue weighted by molar-refractivity contribution is 5.77. The first-order chi connectivity index (χ1) is 17.6. The number of nitro benzene ring substituents is 1. The standard InChI is InChI=1S/C26H14N6O4/c27-15-17-12-25(31-24-7-2-1-6-23(24)29-30-31)26(13-18(17)16-28)36-22-5-3-4-21(14-22)35-20-10-8-19(9-11-20)32(33)34/h1-14H. The molecule has 5 aromatic rings. The van der Waals surface area contributed by atoms with Gasteiger partial charge in [0.1, 0.15) is 40.6 Å². The third-order valence-electron chi connectivity index (χ3n) is 5.24. The summed E-state index contributed by atoms with van der Waals surface area (Å²) < 4.78 is 13.5. The molecule has 0 aliphatic heterocycles. The van der Waals surface area contributed by atoms with E-state index in [1.165, 1.54) is 36.4 Å². The first kappa shape index (κ1) is 22.1. The zero-order chi connectivity index (χ0) is 25.1. The molecule has 172 valence electrons. The van der Waals surface area contributed by atoms with E-state index in [0.717, 1.165) is 0 Å². The smallest absolute Gasteiger partial charge is 0.269 e. The average Bonchev–Trinajstić information content (AvgIpc) is 3.33. The number of aromatic nitrogens is 3. The van der Waals surface area contributed by atoms with Crippen molar-refractivity contribution in [2.75, 3.05) is 0 Å². The minimum atomic E-state index is -0.485. The molecule has 0 saturated carbocycles. The van der Waals surface area contributed by atoms with Gasteiger partial charge in [-0.3, -0.25) is 10.1 Å². The third kappa shape index (κ3) is 4.25. The highest BCUT2D eigenvalue weighted by Crippen LogP contribution is 2.34. The van der Waals surface area contributed by atoms with Gasteiger partial charge in [-0.25, -0.2) is 4.68 Å². The highest BCUT2D eigenvalue weighted by Gasteiger charge is 2.17. The molecular weight excluding hydrogens is 460 g/mol. The predicted molar refractivity (Wildman–Crippen MR) is 128 cm³/mol. The van der Waals surface area contributed by atoms with Gasteiger partial charge in [0.25, 0.3) is 5.69 Å². The first-order valence-corrected chi connectivity index (χ1v) is 10.5. The number of non-ortho nitro benzene ring substituents is 1. The average molecular weight is 474 g/mol. The van der Waals surface area contributed by atoms with E-state index in [-0.39, 0.29) is 22.6 Å². The van der Waals surface area contributed by atoms with Crippen LogP contribution in [-0.4, -0.2) is 19.9 Å². The molecule has 1 aromatic heterocycles. The summed E-state index contributed by atoms with van der Waals surface area (Å²) in [5.74, 6) is 1.53. The highest BCUT2D eigenvalue weighted by atomic mass is 16.6. The van der Waals surface area contributed by atoms with E-state index in [4.69, 9.17) is 9.47 Å². The van der Waals surface area contributed by atoms with Crippen molar-refractivity contribution in [3.8, 4) is 40.8 Å². The van der Waals surface area contributed by atoms with Gasteiger partial charge in [-0.1, -0.05) is 23.4 Å². The van der Waals surface area contributed by atoms with Crippen molar-refractivity contribution in [3.63, 3.8) is 0 Å². The monoisotopic (exact) mass is 474 g/mol. The molecule has 0 aliphatic carbocycles. The Labute approximate surface area is 203 Å². The van der Waals surface area contributed by atoms with Crippen LogP contribution in [0.15, 0.2) is 84.9 Å². The van der Waals surface area contributed by atoms with E-state index in [1.54, 1.807) is 28.9 Å². The number of rotatable bonds is 6. The fourth-order valence-electron chi connectivity index (χ4n) is 3.55. The van der Waals surface area contributed by atoms with Crippen LogP contribution in [0.2, 0.25) is 0 Å². The summed E-state index contributed by atoms with van der Waals surface area (Å²) in [6.07, 6.45) is 0. The summed E-state index contributed by atoms with van der Waals surface area (Å²) in [6, 6.07) is 26.9. The van der Waals surface area contributed by atoms with Crippen LogP contribution in [0.3, 0.4) is 0 Å². The van der Waals surface area contributed by atoms with Gasteiger partial charge in [-0.15, -0.1) is 5.10 Å². The normalized spacial score (nSPS) is 10.4. The van der Waals surface area contributed by atoms with Crippen molar-refractivity contribution in [1.29, 1.82) is 10.5 Å². The number of hydrogen-bond donors (Lipinski definition) is 0. The maximum atomic E-state index is 10.9. The molecule has 4 aromatic carbocycles. The Morgan fingerprint density at radius 1 is 0.806 bits per heavy atom. The van der Waals surface area contributed by atoms with Gasteiger partial charge in [0, 0.05) is 24.3 Å². The van der Waals surface area contributed by atoms with E-state index in [9.17, 15) is 20.6 Å². The van der Waals surface area contributed by atoms with Crippen LogP contribution in [-0.2, 0) is 0 Å². The number of nitro groups is 1. The summed E-state index contributed by atoms with van der Waals surface area (Å²) in [6.45, 7) is 0. The lowest BCUT2D eigenvalue weighted by Crippen LogP contribution is -2.02. The number of benzene rings is 4. The number of fused-ring (bicyclic) bond motifs is 1. The predicted octanol–water partition coefficient (Wildman–Crippen LogP) is 5.66. The zero-order valence-electron chi connectivity index (χ0n) is 18.4. The molecule has 0 bridgehead atoms. The fourth-order valence-corrected chi connectivity index (χ4v) is 3.55. The molecule has 36 heavy (non-hydrogen) atoms. The number of para-hydroxylation sites is 1. The summed E-state index contributed by atoms with van der Waals surface area (Å²) in [5.41, 5.74) is 2.08. The van der Waals surface area contributed by atoms with E-state index >= 15 is 0 Å². The maximum absolute atomic E-state index is 10.9. The lowest BCUT2D eigenvalue weighted by atomic mass is 10.1. The summed E-state index contributed by atoms with van der Waals surface area (Å²) in [7, 11) is 0. The fraction of sp³-hybridized carbons (Fsp3) is 0. The van der Waals surface area contributed by atoms with E-state index in [2.05, 4.69) is 10.3 Å². The molecule has 0 radical (unpaired) electrons. The molecule has 10 heteroatoms. The van der Waals surface area contributed by atoms with Gasteiger partial charge in [-0.05, 0) is 42.5 Å². The van der Waals surface area contributed by atoms with Gasteiger partial charge < -0.3 is 9.47 Å². The van der Waals surface area contributed by atoms with Crippen molar-refractivity contribution in [2.24, 2.45) is 0 Å². The molecular formula is C26H14N6O4. The zero-order valence-corrected chi connectivity index (χ0v) is 18.4. The van der Waals surface area contributed by atoms with Gasteiger partial charge in [0.2, 0.25) is 0 Å². The molecule has 0 unspecified atom stereocenters. The van der Waals surface area contributed by atoms with Gasteiger partial charge in [-0.2, -0.15) is 10.5 Å². The van der Waals surface area contributed by atoms with Crippen LogP contribution in [0.1, 0.15) is 11.1 Å². The molecule has 0 atom stereocenters. The number of nitriles is 2. The molecule has 5 rings (SSSR count). The third-order valence-corrected chi connectivity index (χ3v) is 5.24. The second-order valence-electron chi connectivity index (χ2n) is 7.51. The second kappa shape index (κ2) is 9.25. The molecule has 10 nitrogen and oxygen atoms in total. The summed E-state index contributed by atoms with van der Waals surface area (Å²) in [5, 5.41) is 38.3. The molecule has 0 fully saturated rings. The SMILES string of the molecule is N#Cc1cc(Oc2cccc(Oc3ccc([N+](=O)[O-])cc3)c2)c(-n2nnc3ccccc32)cc1C#N. The lowest BCUT2D eigenvalue weighted by Gasteiger charge is -2.14. The molecule has 0 spiro atoms. The van der Waals surface area contributed by atoms with Crippen molar-refractivity contribution in [1.82, 2.24) is 15.0 Å². The summed E-state index contributed by atoms with van der Waals surface area (Å²) in [4.78, 5) is 10.4. The van der Waals surface area contributed by atoms with Gasteiger partial charge in [0.05, 0.1) is 21.6 Å². The molecule has 0 aliphatic rings. The first-order valence-electron chi connectivity index (χ1n) is 10.5. The Balaban J connectivity index is 1.51. The van der Waals surface area contributed by atoms with Crippen LogP contribution < -0.4 is 9.47 Å². The van der Waals surface area contributed by atoms with Crippen LogP contribution >= 0.6 is 0 Å². The Morgan fingerprint density at radius 3 is 2.22 bits per heavy atom. The second-order valence-corrected chi connectivity index (χ2v) is 7.51. The Kier molecular flexibility index (Phi) is 5.67. The lowest BCUT2D eigenvalue weighted by molar-refractivity contribution is -0.384. The Hall–Kier alpha value is -5.74. The topological polar surface area (TPSA) is 140 Å². The van der Waals surface area contributed by atoms with Gasteiger partial charge >= 0.3 is 0 Å². The van der Waals surface area contributed by atoms with Crippen molar-refractivity contribution in [3.05, 3.63) is 106 Å². The van der Waals surface area contributed by atoms with Crippen LogP contribution in [0, 0.1) is 32.8 Å². The molecule has 0 saturated heterocycles. The van der Waals surface area contributed by atoms with Crippen LogP contribution in [0.5, 0.6) is 23.0 Å². The van der Waals surface area contributed by atoms with E-state index in [0.29, 0.717) is 34.0 Å². The minimum Gasteiger partial charge on any atom is -0.457 e. The maximum Gasteiger partial charge on any atom is 0.269 e. The van der Waals surface area contributed by atoms with Crippen molar-refractivity contribution >= 4 is 16.7 Å². The quantitative estimate of drug-likeness (QED) is 0.227.